The van der Waals surface area contributed by atoms with Crippen LogP contribution in [-0.2, 0) is 12.8 Å². The maximum Gasteiger partial charge on any atom is 0.125 e. The Morgan fingerprint density at radius 1 is 1.29 bits per heavy atom. The molecule has 116 valence electrons. The molecule has 2 heterocycles. The van der Waals surface area contributed by atoms with Crippen molar-refractivity contribution in [2.24, 2.45) is 0 Å². The van der Waals surface area contributed by atoms with Gasteiger partial charge in [-0.25, -0.2) is 0 Å². The van der Waals surface area contributed by atoms with Crippen LogP contribution in [0, 0.1) is 0 Å². The molecule has 1 aromatic rings. The number of halogens is 1. The molecule has 21 heavy (non-hydrogen) atoms. The van der Waals surface area contributed by atoms with Crippen molar-refractivity contribution in [1.82, 2.24) is 5.32 Å². The summed E-state index contributed by atoms with van der Waals surface area (Å²) in [4.78, 5) is 0. The lowest BCUT2D eigenvalue weighted by Gasteiger charge is -2.34. The number of rotatable bonds is 4. The van der Waals surface area contributed by atoms with Crippen molar-refractivity contribution < 1.29 is 4.74 Å². The van der Waals surface area contributed by atoms with Gasteiger partial charge in [0, 0.05) is 16.4 Å². The Morgan fingerprint density at radius 2 is 2.19 bits per heavy atom. The Kier molecular flexibility index (Phi) is 4.90. The van der Waals surface area contributed by atoms with E-state index >= 15 is 0 Å². The van der Waals surface area contributed by atoms with E-state index in [4.69, 9.17) is 4.74 Å². The van der Waals surface area contributed by atoms with Crippen LogP contribution in [0.3, 0.4) is 0 Å². The number of ether oxygens (including phenoxy) is 1. The fourth-order valence-corrected chi connectivity index (χ4v) is 4.53. The summed E-state index contributed by atoms with van der Waals surface area (Å²) in [6, 6.07) is 4.49. The lowest BCUT2D eigenvalue weighted by Crippen LogP contribution is -2.46. The molecule has 1 atom stereocenters. The van der Waals surface area contributed by atoms with Crippen LogP contribution in [-0.4, -0.2) is 18.7 Å². The van der Waals surface area contributed by atoms with Crippen LogP contribution < -0.4 is 10.1 Å². The zero-order valence-electron chi connectivity index (χ0n) is 13.0. The van der Waals surface area contributed by atoms with Crippen molar-refractivity contribution >= 4 is 15.9 Å². The molecule has 2 aliphatic rings. The number of hydrogen-bond acceptors (Lipinski definition) is 2. The Hall–Kier alpha value is -0.540. The van der Waals surface area contributed by atoms with Crippen molar-refractivity contribution in [2.75, 3.05) is 13.2 Å². The van der Waals surface area contributed by atoms with Crippen LogP contribution in [0.4, 0.5) is 0 Å². The third kappa shape index (κ3) is 3.45. The molecule has 2 nitrogen and oxygen atoms in total. The first kappa shape index (κ1) is 15.4. The van der Waals surface area contributed by atoms with Crippen LogP contribution in [0.1, 0.15) is 56.6 Å². The van der Waals surface area contributed by atoms with Gasteiger partial charge in [0.1, 0.15) is 5.75 Å². The minimum atomic E-state index is 0.270. The van der Waals surface area contributed by atoms with Crippen LogP contribution in [0.15, 0.2) is 16.6 Å². The van der Waals surface area contributed by atoms with Crippen molar-refractivity contribution in [3.63, 3.8) is 0 Å². The van der Waals surface area contributed by atoms with Gasteiger partial charge in [-0.2, -0.15) is 0 Å². The highest BCUT2D eigenvalue weighted by molar-refractivity contribution is 9.10. The molecule has 3 rings (SSSR count). The molecule has 0 aromatic heterocycles. The zero-order valence-corrected chi connectivity index (χ0v) is 14.6. The second kappa shape index (κ2) is 6.70. The average molecular weight is 352 g/mol. The Bertz CT molecular complexity index is 492. The highest BCUT2D eigenvalue weighted by Crippen LogP contribution is 2.37. The third-order valence-electron chi connectivity index (χ3n) is 4.91. The summed E-state index contributed by atoms with van der Waals surface area (Å²) in [7, 11) is 0. The maximum atomic E-state index is 5.93. The van der Waals surface area contributed by atoms with E-state index in [9.17, 15) is 0 Å². The summed E-state index contributed by atoms with van der Waals surface area (Å²) < 4.78 is 7.13. The number of fused-ring (bicyclic) bond motifs is 1. The van der Waals surface area contributed by atoms with Gasteiger partial charge in [0.25, 0.3) is 0 Å². The minimum absolute atomic E-state index is 0.270. The van der Waals surface area contributed by atoms with E-state index in [1.165, 1.54) is 59.9 Å². The molecule has 1 aromatic carbocycles. The Labute approximate surface area is 136 Å². The SMILES string of the molecule is CCCC1(Cc2cc(Br)cc3c2OCC3)CCCCCN1. The van der Waals surface area contributed by atoms with Crippen molar-refractivity contribution in [1.29, 1.82) is 0 Å². The fraction of sp³-hybridized carbons (Fsp3) is 0.667. The maximum absolute atomic E-state index is 5.93. The van der Waals surface area contributed by atoms with Gasteiger partial charge in [-0.3, -0.25) is 0 Å². The first-order valence-electron chi connectivity index (χ1n) is 8.41. The summed E-state index contributed by atoms with van der Waals surface area (Å²) in [6.07, 6.45) is 9.98. The van der Waals surface area contributed by atoms with Crippen molar-refractivity contribution in [3.05, 3.63) is 27.7 Å². The number of hydrogen-bond donors (Lipinski definition) is 1. The Balaban J connectivity index is 1.89. The fourth-order valence-electron chi connectivity index (χ4n) is 3.98. The lowest BCUT2D eigenvalue weighted by molar-refractivity contribution is 0.282. The van der Waals surface area contributed by atoms with Gasteiger partial charge in [0.05, 0.1) is 6.61 Å². The minimum Gasteiger partial charge on any atom is -0.493 e. The van der Waals surface area contributed by atoms with E-state index < -0.39 is 0 Å². The lowest BCUT2D eigenvalue weighted by atomic mass is 9.82. The van der Waals surface area contributed by atoms with Crippen molar-refractivity contribution in [2.45, 2.75) is 63.8 Å². The van der Waals surface area contributed by atoms with E-state index in [0.717, 1.165) is 26.0 Å². The van der Waals surface area contributed by atoms with Gasteiger partial charge < -0.3 is 10.1 Å². The van der Waals surface area contributed by atoms with E-state index in [-0.39, 0.29) is 5.54 Å². The molecular formula is C18H26BrNO. The summed E-state index contributed by atoms with van der Waals surface area (Å²) in [5.41, 5.74) is 3.03. The average Bonchev–Trinajstić information content (AvgIpc) is 2.80. The highest BCUT2D eigenvalue weighted by atomic mass is 79.9. The molecule has 1 N–H and O–H groups in total. The molecule has 0 bridgehead atoms. The van der Waals surface area contributed by atoms with Gasteiger partial charge in [-0.15, -0.1) is 0 Å². The van der Waals surface area contributed by atoms with Gasteiger partial charge >= 0.3 is 0 Å². The van der Waals surface area contributed by atoms with Gasteiger partial charge in [0.2, 0.25) is 0 Å². The van der Waals surface area contributed by atoms with Crippen LogP contribution in [0.25, 0.3) is 0 Å². The molecule has 0 saturated carbocycles. The summed E-state index contributed by atoms with van der Waals surface area (Å²) in [6.45, 7) is 4.31. The van der Waals surface area contributed by atoms with E-state index in [2.05, 4.69) is 40.3 Å². The second-order valence-corrected chi connectivity index (χ2v) is 7.51. The Morgan fingerprint density at radius 3 is 3.05 bits per heavy atom. The third-order valence-corrected chi connectivity index (χ3v) is 5.37. The van der Waals surface area contributed by atoms with E-state index in [0.29, 0.717) is 0 Å². The summed E-state index contributed by atoms with van der Waals surface area (Å²) >= 11 is 3.68. The first-order valence-corrected chi connectivity index (χ1v) is 9.21. The summed E-state index contributed by atoms with van der Waals surface area (Å²) in [5.74, 6) is 1.17. The standard InChI is InChI=1S/C18H26BrNO/c1-2-7-18(8-4-3-5-9-20-18)13-15-12-16(19)11-14-6-10-21-17(14)15/h11-12,20H,2-10,13H2,1H3. The number of benzene rings is 1. The molecule has 2 aliphatic heterocycles. The molecule has 0 spiro atoms. The van der Waals surface area contributed by atoms with Gasteiger partial charge in [-0.1, -0.05) is 42.1 Å². The zero-order chi connectivity index (χ0) is 14.7. The highest BCUT2D eigenvalue weighted by Gasteiger charge is 2.32. The first-order chi connectivity index (χ1) is 10.2. The van der Waals surface area contributed by atoms with Crippen LogP contribution in [0.5, 0.6) is 5.75 Å². The molecule has 3 heteroatoms. The molecule has 0 amide bonds. The monoisotopic (exact) mass is 351 g/mol. The van der Waals surface area contributed by atoms with E-state index in [1.54, 1.807) is 0 Å². The van der Waals surface area contributed by atoms with Gasteiger partial charge in [-0.05, 0) is 55.5 Å². The quantitative estimate of drug-likeness (QED) is 0.853. The largest absolute Gasteiger partial charge is 0.493 e. The molecule has 0 aliphatic carbocycles. The predicted molar refractivity (Wildman–Crippen MR) is 91.2 cm³/mol. The van der Waals surface area contributed by atoms with Gasteiger partial charge in [0.15, 0.2) is 0 Å². The molecular weight excluding hydrogens is 326 g/mol. The molecule has 1 fully saturated rings. The second-order valence-electron chi connectivity index (χ2n) is 6.60. The van der Waals surface area contributed by atoms with Crippen LogP contribution in [0.2, 0.25) is 0 Å². The molecule has 1 saturated heterocycles. The number of nitrogens with one attached hydrogen (secondary N) is 1. The molecule has 1 unspecified atom stereocenters. The molecule has 0 radical (unpaired) electrons. The van der Waals surface area contributed by atoms with Crippen LogP contribution >= 0.6 is 15.9 Å². The topological polar surface area (TPSA) is 21.3 Å². The smallest absolute Gasteiger partial charge is 0.125 e. The predicted octanol–water partition coefficient (Wildman–Crippen LogP) is 4.63. The van der Waals surface area contributed by atoms with Crippen molar-refractivity contribution in [3.8, 4) is 5.75 Å². The van der Waals surface area contributed by atoms with E-state index in [1.807, 2.05) is 0 Å². The normalized spacial score (nSPS) is 25.2. The summed E-state index contributed by atoms with van der Waals surface area (Å²) in [5, 5.41) is 3.88.